The van der Waals surface area contributed by atoms with Crippen LogP contribution in [-0.2, 0) is 6.42 Å². The van der Waals surface area contributed by atoms with E-state index in [0.717, 1.165) is 12.3 Å². The van der Waals surface area contributed by atoms with Crippen molar-refractivity contribution in [1.82, 2.24) is 5.32 Å². The molecule has 0 bridgehead atoms. The van der Waals surface area contributed by atoms with Crippen LogP contribution in [-0.4, -0.2) is 6.04 Å². The Kier molecular flexibility index (Phi) is 4.22. The lowest BCUT2D eigenvalue weighted by molar-refractivity contribution is 0.438. The van der Waals surface area contributed by atoms with Crippen molar-refractivity contribution in [2.45, 2.75) is 58.5 Å². The topological polar surface area (TPSA) is 12.0 Å². The summed E-state index contributed by atoms with van der Waals surface area (Å²) in [6.07, 6.45) is 5.37. The summed E-state index contributed by atoms with van der Waals surface area (Å²) >= 11 is 0. The fourth-order valence-electron chi connectivity index (χ4n) is 2.49. The molecule has 1 heteroatoms. The van der Waals surface area contributed by atoms with E-state index in [-0.39, 0.29) is 0 Å². The maximum atomic E-state index is 3.70. The molecule has 0 radical (unpaired) electrons. The normalized spacial score (nSPS) is 19.0. The Labute approximate surface area is 106 Å². The lowest BCUT2D eigenvalue weighted by atomic mass is 10.0. The molecule has 94 valence electrons. The van der Waals surface area contributed by atoms with Crippen molar-refractivity contribution >= 4 is 0 Å². The van der Waals surface area contributed by atoms with E-state index in [1.807, 2.05) is 0 Å². The highest BCUT2D eigenvalue weighted by Gasteiger charge is 2.24. The predicted octanol–water partition coefficient (Wildman–Crippen LogP) is 4.09. The van der Waals surface area contributed by atoms with Gasteiger partial charge in [-0.2, -0.15) is 0 Å². The minimum Gasteiger partial charge on any atom is -0.308 e. The molecule has 0 heterocycles. The molecule has 1 aromatic rings. The van der Waals surface area contributed by atoms with Crippen LogP contribution in [0.3, 0.4) is 0 Å². The van der Waals surface area contributed by atoms with Crippen molar-refractivity contribution in [2.24, 2.45) is 5.92 Å². The van der Waals surface area contributed by atoms with Crippen LogP contribution in [0.4, 0.5) is 0 Å². The first-order valence-electron chi connectivity index (χ1n) is 7.04. The van der Waals surface area contributed by atoms with Crippen LogP contribution in [0.15, 0.2) is 24.3 Å². The van der Waals surface area contributed by atoms with Gasteiger partial charge < -0.3 is 5.32 Å². The summed E-state index contributed by atoms with van der Waals surface area (Å²) in [7, 11) is 0. The van der Waals surface area contributed by atoms with Gasteiger partial charge >= 0.3 is 0 Å². The van der Waals surface area contributed by atoms with Gasteiger partial charge in [0.2, 0.25) is 0 Å². The molecule has 17 heavy (non-hydrogen) atoms. The summed E-state index contributed by atoms with van der Waals surface area (Å²) in [6.45, 7) is 6.79. The van der Waals surface area contributed by atoms with E-state index in [0.29, 0.717) is 12.1 Å². The van der Waals surface area contributed by atoms with Crippen LogP contribution >= 0.6 is 0 Å². The largest absolute Gasteiger partial charge is 0.308 e. The Morgan fingerprint density at radius 3 is 2.35 bits per heavy atom. The molecule has 0 amide bonds. The molecule has 0 aliphatic heterocycles. The van der Waals surface area contributed by atoms with Crippen LogP contribution in [0.2, 0.25) is 0 Å². The van der Waals surface area contributed by atoms with Crippen molar-refractivity contribution in [1.29, 1.82) is 0 Å². The highest BCUT2D eigenvalue weighted by molar-refractivity contribution is 5.24. The van der Waals surface area contributed by atoms with Gasteiger partial charge in [0, 0.05) is 12.1 Å². The molecule has 1 nitrogen and oxygen atoms in total. The van der Waals surface area contributed by atoms with Crippen molar-refractivity contribution in [2.75, 3.05) is 0 Å². The molecular formula is C16H25N. The molecule has 2 rings (SSSR count). The zero-order chi connectivity index (χ0) is 12.3. The van der Waals surface area contributed by atoms with Gasteiger partial charge in [-0.05, 0) is 43.7 Å². The number of nitrogens with one attached hydrogen (secondary N) is 1. The Balaban J connectivity index is 1.86. The molecule has 0 spiro atoms. The third kappa shape index (κ3) is 3.85. The first-order chi connectivity index (χ1) is 8.19. The van der Waals surface area contributed by atoms with E-state index in [4.69, 9.17) is 0 Å². The highest BCUT2D eigenvalue weighted by atomic mass is 14.9. The predicted molar refractivity (Wildman–Crippen MR) is 74.2 cm³/mol. The van der Waals surface area contributed by atoms with Crippen LogP contribution in [0.5, 0.6) is 0 Å². The van der Waals surface area contributed by atoms with Gasteiger partial charge in [0.1, 0.15) is 0 Å². The van der Waals surface area contributed by atoms with E-state index in [9.17, 15) is 0 Å². The molecule has 2 atom stereocenters. The molecule has 1 fully saturated rings. The molecule has 1 aliphatic rings. The van der Waals surface area contributed by atoms with Crippen molar-refractivity contribution < 1.29 is 0 Å². The summed E-state index contributed by atoms with van der Waals surface area (Å²) < 4.78 is 0. The third-order valence-corrected chi connectivity index (χ3v) is 3.81. The van der Waals surface area contributed by atoms with Gasteiger partial charge in [0.05, 0.1) is 0 Å². The van der Waals surface area contributed by atoms with E-state index < -0.39 is 0 Å². The molecular weight excluding hydrogens is 206 g/mol. The van der Waals surface area contributed by atoms with Gasteiger partial charge in [0.15, 0.2) is 0 Å². The molecule has 1 N–H and O–H groups in total. The van der Waals surface area contributed by atoms with Gasteiger partial charge in [-0.1, -0.05) is 44.0 Å². The number of aryl methyl sites for hydroxylation is 1. The van der Waals surface area contributed by atoms with E-state index in [1.165, 1.54) is 30.4 Å². The molecule has 2 unspecified atom stereocenters. The number of hydrogen-bond donors (Lipinski definition) is 1. The Bertz CT molecular complexity index is 337. The second-order valence-corrected chi connectivity index (χ2v) is 5.56. The molecule has 1 aliphatic carbocycles. The van der Waals surface area contributed by atoms with Gasteiger partial charge in [-0.25, -0.2) is 0 Å². The SMILES string of the molecule is CCc1ccc(C(C)NC(C)CC2CC2)cc1. The lowest BCUT2D eigenvalue weighted by Crippen LogP contribution is -2.29. The third-order valence-electron chi connectivity index (χ3n) is 3.81. The van der Waals surface area contributed by atoms with Crippen LogP contribution < -0.4 is 5.32 Å². The van der Waals surface area contributed by atoms with Gasteiger partial charge in [-0.15, -0.1) is 0 Å². The number of hydrogen-bond acceptors (Lipinski definition) is 1. The second-order valence-electron chi connectivity index (χ2n) is 5.56. The van der Waals surface area contributed by atoms with Crippen LogP contribution in [0.25, 0.3) is 0 Å². The zero-order valence-electron chi connectivity index (χ0n) is 11.4. The zero-order valence-corrected chi connectivity index (χ0v) is 11.4. The molecule has 1 aromatic carbocycles. The summed E-state index contributed by atoms with van der Waals surface area (Å²) in [4.78, 5) is 0. The summed E-state index contributed by atoms with van der Waals surface area (Å²) in [5, 5.41) is 3.70. The van der Waals surface area contributed by atoms with Crippen LogP contribution in [0, 0.1) is 5.92 Å². The Morgan fingerprint density at radius 1 is 1.18 bits per heavy atom. The maximum absolute atomic E-state index is 3.70. The fraction of sp³-hybridized carbons (Fsp3) is 0.625. The smallest absolute Gasteiger partial charge is 0.0294 e. The van der Waals surface area contributed by atoms with E-state index >= 15 is 0 Å². The minimum absolute atomic E-state index is 0.467. The molecule has 1 saturated carbocycles. The summed E-state index contributed by atoms with van der Waals surface area (Å²) in [5.74, 6) is 1.01. The first kappa shape index (κ1) is 12.6. The fourth-order valence-corrected chi connectivity index (χ4v) is 2.49. The molecule has 0 aromatic heterocycles. The standard InChI is InChI=1S/C16H25N/c1-4-14-7-9-16(10-8-14)13(3)17-12(2)11-15-5-6-15/h7-10,12-13,15,17H,4-6,11H2,1-3H3. The highest BCUT2D eigenvalue weighted by Crippen LogP contribution is 2.33. The summed E-state index contributed by atoms with van der Waals surface area (Å²) in [6, 6.07) is 10.1. The number of benzene rings is 1. The Morgan fingerprint density at radius 2 is 1.82 bits per heavy atom. The van der Waals surface area contributed by atoms with Crippen LogP contribution in [0.1, 0.15) is 57.2 Å². The van der Waals surface area contributed by atoms with Gasteiger partial charge in [-0.3, -0.25) is 0 Å². The monoisotopic (exact) mass is 231 g/mol. The quantitative estimate of drug-likeness (QED) is 0.777. The van der Waals surface area contributed by atoms with Crippen molar-refractivity contribution in [3.8, 4) is 0 Å². The second kappa shape index (κ2) is 5.68. The lowest BCUT2D eigenvalue weighted by Gasteiger charge is -2.20. The minimum atomic E-state index is 0.467. The van der Waals surface area contributed by atoms with E-state index in [2.05, 4.69) is 50.4 Å². The van der Waals surface area contributed by atoms with Gasteiger partial charge in [0.25, 0.3) is 0 Å². The number of rotatable bonds is 6. The Hall–Kier alpha value is -0.820. The first-order valence-corrected chi connectivity index (χ1v) is 7.04. The average Bonchev–Trinajstić information content (AvgIpc) is 3.12. The van der Waals surface area contributed by atoms with Crippen molar-refractivity contribution in [3.63, 3.8) is 0 Å². The average molecular weight is 231 g/mol. The molecule has 0 saturated heterocycles. The maximum Gasteiger partial charge on any atom is 0.0294 e. The summed E-state index contributed by atoms with van der Waals surface area (Å²) in [5.41, 5.74) is 2.83. The van der Waals surface area contributed by atoms with E-state index in [1.54, 1.807) is 0 Å². The van der Waals surface area contributed by atoms with Crippen molar-refractivity contribution in [3.05, 3.63) is 35.4 Å².